The van der Waals surface area contributed by atoms with Crippen molar-refractivity contribution in [2.24, 2.45) is 0 Å². The lowest BCUT2D eigenvalue weighted by Crippen LogP contribution is -2.50. The lowest BCUT2D eigenvalue weighted by molar-refractivity contribution is -0.143. The second-order valence-electron chi connectivity index (χ2n) is 7.78. The van der Waals surface area contributed by atoms with Crippen molar-refractivity contribution in [3.05, 3.63) is 77.1 Å². The minimum absolute atomic E-state index is 0.105. The molecule has 1 saturated heterocycles. The van der Waals surface area contributed by atoms with Gasteiger partial charge in [0.05, 0.1) is 24.0 Å². The number of anilines is 1. The number of nitrogens with zero attached hydrogens (tertiary/aromatic N) is 4. The van der Waals surface area contributed by atoms with Crippen LogP contribution in [0.15, 0.2) is 60.8 Å². The largest absolute Gasteiger partial charge is 0.434 e. The zero-order valence-corrected chi connectivity index (χ0v) is 18.7. The summed E-state index contributed by atoms with van der Waals surface area (Å²) in [7, 11) is 0. The highest BCUT2D eigenvalue weighted by Gasteiger charge is 2.41. The van der Waals surface area contributed by atoms with Crippen molar-refractivity contribution in [2.75, 3.05) is 38.0 Å². The van der Waals surface area contributed by atoms with Gasteiger partial charge in [0.1, 0.15) is 0 Å². The zero-order chi connectivity index (χ0) is 24.3. The first kappa shape index (κ1) is 23.8. The van der Waals surface area contributed by atoms with Gasteiger partial charge in [0.25, 0.3) is 5.91 Å². The average molecular weight is 492 g/mol. The van der Waals surface area contributed by atoms with Crippen molar-refractivity contribution < 1.29 is 22.8 Å². The summed E-state index contributed by atoms with van der Waals surface area (Å²) in [6.07, 6.45) is -3.87. The van der Waals surface area contributed by atoms with E-state index in [1.807, 2.05) is 23.1 Å². The van der Waals surface area contributed by atoms with Crippen LogP contribution in [0.3, 0.4) is 0 Å². The lowest BCUT2D eigenvalue weighted by Gasteiger charge is -2.34. The molecule has 1 fully saturated rings. The van der Waals surface area contributed by atoms with Crippen molar-refractivity contribution in [3.8, 4) is 5.69 Å². The summed E-state index contributed by atoms with van der Waals surface area (Å²) in [5.41, 5.74) is -0.891. The molecule has 178 valence electrons. The predicted octanol–water partition coefficient (Wildman–Crippen LogP) is 3.94. The van der Waals surface area contributed by atoms with Crippen LogP contribution < -0.4 is 5.32 Å². The van der Waals surface area contributed by atoms with E-state index in [4.69, 9.17) is 11.6 Å². The number of para-hydroxylation sites is 1. The van der Waals surface area contributed by atoms with Gasteiger partial charge < -0.3 is 10.2 Å². The Morgan fingerprint density at radius 2 is 1.71 bits per heavy atom. The summed E-state index contributed by atoms with van der Waals surface area (Å²) in [6, 6.07) is 14.8. The maximum Gasteiger partial charge on any atom is 0.434 e. The first-order valence-electron chi connectivity index (χ1n) is 10.5. The normalized spacial score (nSPS) is 14.8. The molecule has 1 aromatic heterocycles. The van der Waals surface area contributed by atoms with E-state index in [0.717, 1.165) is 6.20 Å². The Hall–Kier alpha value is -3.37. The number of piperazine rings is 1. The third kappa shape index (κ3) is 5.40. The first-order chi connectivity index (χ1) is 16.2. The number of nitrogens with one attached hydrogen (secondary N) is 1. The van der Waals surface area contributed by atoms with Gasteiger partial charge >= 0.3 is 6.18 Å². The number of alkyl halides is 3. The number of aromatic nitrogens is 2. The van der Waals surface area contributed by atoms with E-state index in [9.17, 15) is 22.8 Å². The van der Waals surface area contributed by atoms with Crippen LogP contribution >= 0.6 is 11.6 Å². The quantitative estimate of drug-likeness (QED) is 0.587. The highest BCUT2D eigenvalue weighted by Crippen LogP contribution is 2.34. The number of hydrogen-bond acceptors (Lipinski definition) is 4. The topological polar surface area (TPSA) is 70.5 Å². The van der Waals surface area contributed by atoms with Gasteiger partial charge in [0.15, 0.2) is 5.69 Å². The van der Waals surface area contributed by atoms with Gasteiger partial charge in [-0.15, -0.1) is 0 Å². The molecule has 34 heavy (non-hydrogen) atoms. The number of hydrogen-bond donors (Lipinski definition) is 1. The molecule has 7 nitrogen and oxygen atoms in total. The van der Waals surface area contributed by atoms with E-state index >= 15 is 0 Å². The number of amides is 2. The lowest BCUT2D eigenvalue weighted by atomic mass is 10.1. The molecule has 0 unspecified atom stereocenters. The van der Waals surface area contributed by atoms with E-state index in [2.05, 4.69) is 10.4 Å². The molecule has 0 atom stereocenters. The summed E-state index contributed by atoms with van der Waals surface area (Å²) in [6.45, 7) is 1.22. The monoisotopic (exact) mass is 491 g/mol. The maximum atomic E-state index is 13.9. The molecule has 1 aliphatic rings. The highest BCUT2D eigenvalue weighted by molar-refractivity contribution is 6.30. The molecular formula is C23H21ClF3N5O2. The fraction of sp³-hybridized carbons (Fsp3) is 0.261. The summed E-state index contributed by atoms with van der Waals surface area (Å²) in [5.74, 6) is -0.956. The van der Waals surface area contributed by atoms with E-state index in [1.54, 1.807) is 12.1 Å². The van der Waals surface area contributed by atoms with Gasteiger partial charge in [-0.25, -0.2) is 4.68 Å². The van der Waals surface area contributed by atoms with Crippen LogP contribution in [0.2, 0.25) is 5.02 Å². The van der Waals surface area contributed by atoms with Crippen molar-refractivity contribution in [1.29, 1.82) is 0 Å². The Morgan fingerprint density at radius 1 is 1.00 bits per heavy atom. The molecule has 1 N–H and O–H groups in total. The van der Waals surface area contributed by atoms with Crippen molar-refractivity contribution in [1.82, 2.24) is 19.6 Å². The summed E-state index contributed by atoms with van der Waals surface area (Å²) in [4.78, 5) is 28.4. The van der Waals surface area contributed by atoms with Crippen LogP contribution in [0.5, 0.6) is 0 Å². The highest BCUT2D eigenvalue weighted by atomic mass is 35.5. The molecule has 0 aliphatic carbocycles. The molecular weight excluding hydrogens is 471 g/mol. The smallest absolute Gasteiger partial charge is 0.336 e. The van der Waals surface area contributed by atoms with E-state index in [1.165, 1.54) is 29.2 Å². The molecule has 1 aliphatic heterocycles. The van der Waals surface area contributed by atoms with Crippen molar-refractivity contribution in [2.45, 2.75) is 6.18 Å². The maximum absolute atomic E-state index is 13.9. The van der Waals surface area contributed by atoms with Crippen LogP contribution in [0.25, 0.3) is 5.69 Å². The van der Waals surface area contributed by atoms with Gasteiger partial charge in [-0.1, -0.05) is 35.9 Å². The number of benzene rings is 2. The van der Waals surface area contributed by atoms with Crippen LogP contribution in [0.4, 0.5) is 18.9 Å². The van der Waals surface area contributed by atoms with Gasteiger partial charge in [0, 0.05) is 36.9 Å². The van der Waals surface area contributed by atoms with E-state index in [-0.39, 0.29) is 36.3 Å². The van der Waals surface area contributed by atoms with Crippen LogP contribution in [-0.2, 0) is 11.0 Å². The second-order valence-corrected chi connectivity index (χ2v) is 8.22. The Morgan fingerprint density at radius 3 is 2.35 bits per heavy atom. The molecule has 11 heteroatoms. The third-order valence-electron chi connectivity index (χ3n) is 5.41. The summed E-state index contributed by atoms with van der Waals surface area (Å²) in [5, 5.41) is 6.87. The van der Waals surface area contributed by atoms with Crippen molar-refractivity contribution >= 4 is 29.1 Å². The summed E-state index contributed by atoms with van der Waals surface area (Å²) < 4.78 is 42.5. The average Bonchev–Trinajstić information content (AvgIpc) is 3.26. The SMILES string of the molecule is O=C(CN1CCN(C(=O)c2cnn(-c3cccc(Cl)c3)c2C(F)(F)F)CC1)Nc1ccccc1. The molecule has 2 aromatic carbocycles. The number of carbonyl (C=O) groups is 2. The molecule has 0 radical (unpaired) electrons. The van der Waals surface area contributed by atoms with E-state index in [0.29, 0.717) is 23.5 Å². The van der Waals surface area contributed by atoms with Gasteiger partial charge in [-0.05, 0) is 30.3 Å². The van der Waals surface area contributed by atoms with Gasteiger partial charge in [0.2, 0.25) is 5.91 Å². The molecule has 2 amide bonds. The molecule has 4 rings (SSSR count). The molecule has 2 heterocycles. The standard InChI is InChI=1S/C23H21ClF3N5O2/c24-16-5-4-8-18(13-16)32-21(23(25,26)27)19(14-28-32)22(34)31-11-9-30(10-12-31)15-20(33)29-17-6-2-1-3-7-17/h1-8,13-14H,9-12,15H2,(H,29,33). The van der Waals surface area contributed by atoms with Crippen LogP contribution in [0.1, 0.15) is 16.1 Å². The Bertz CT molecular complexity index is 1170. The van der Waals surface area contributed by atoms with Crippen molar-refractivity contribution in [3.63, 3.8) is 0 Å². The molecule has 3 aromatic rings. The number of rotatable bonds is 5. The van der Waals surface area contributed by atoms with Gasteiger partial charge in [-0.3, -0.25) is 14.5 Å². The first-order valence-corrected chi connectivity index (χ1v) is 10.9. The molecule has 0 spiro atoms. The minimum atomic E-state index is -4.80. The van der Waals surface area contributed by atoms with E-state index < -0.39 is 23.3 Å². The number of halogens is 4. The second kappa shape index (κ2) is 9.86. The number of carbonyl (C=O) groups excluding carboxylic acids is 2. The van der Waals surface area contributed by atoms with Crippen LogP contribution in [-0.4, -0.2) is 64.1 Å². The zero-order valence-electron chi connectivity index (χ0n) is 17.9. The van der Waals surface area contributed by atoms with Gasteiger partial charge in [-0.2, -0.15) is 18.3 Å². The fourth-order valence-electron chi connectivity index (χ4n) is 3.79. The fourth-order valence-corrected chi connectivity index (χ4v) is 3.97. The molecule has 0 saturated carbocycles. The third-order valence-corrected chi connectivity index (χ3v) is 5.64. The Kier molecular flexibility index (Phi) is 6.90. The summed E-state index contributed by atoms with van der Waals surface area (Å²) >= 11 is 5.92. The molecule has 0 bridgehead atoms. The predicted molar refractivity (Wildman–Crippen MR) is 121 cm³/mol. The Labute approximate surface area is 198 Å². The minimum Gasteiger partial charge on any atom is -0.336 e. The Balaban J connectivity index is 1.43. The van der Waals surface area contributed by atoms with Crippen LogP contribution in [0, 0.1) is 0 Å².